The summed E-state index contributed by atoms with van der Waals surface area (Å²) in [5.74, 6) is 0. The van der Waals surface area contributed by atoms with Crippen molar-refractivity contribution in [2.24, 2.45) is 0 Å². The summed E-state index contributed by atoms with van der Waals surface area (Å²) in [5.41, 5.74) is 0. The van der Waals surface area contributed by atoms with Crippen molar-refractivity contribution in [3.8, 4) is 0 Å². The Morgan fingerprint density at radius 3 is 0.618 bits per heavy atom. The van der Waals surface area contributed by atoms with Gasteiger partial charge in [0.2, 0.25) is 0 Å². The molecular weight excluding hydrogens is 1020 g/mol. The zero-order valence-electron chi connectivity index (χ0n) is 52.0. The van der Waals surface area contributed by atoms with Crippen molar-refractivity contribution in [2.45, 2.75) is 270 Å². The van der Waals surface area contributed by atoms with Gasteiger partial charge in [-0.25, -0.2) is 4.44 Å². The Labute approximate surface area is 478 Å². The van der Waals surface area contributed by atoms with Crippen molar-refractivity contribution in [3.63, 3.8) is 0 Å². The van der Waals surface area contributed by atoms with Gasteiger partial charge in [-0.1, -0.05) is 350 Å². The topological polar surface area (TPSA) is 6.48 Å². The van der Waals surface area contributed by atoms with E-state index in [1.165, 1.54) is 175 Å². The van der Waals surface area contributed by atoms with Crippen LogP contribution in [0.3, 0.4) is 0 Å². The fraction of sp³-hybridized carbons (Fsp3) is 0.647. The third-order valence-corrected chi connectivity index (χ3v) is 48.2. The molecule has 5 rings (SSSR count). The molecule has 0 bridgehead atoms. The molecule has 76 heavy (non-hydrogen) atoms. The Kier molecular flexibility index (Phi) is 28.2. The minimum atomic E-state index is -1.64. The first-order valence-electron chi connectivity index (χ1n) is 32.4. The van der Waals surface area contributed by atoms with E-state index in [4.69, 9.17) is 0 Å². The van der Waals surface area contributed by atoms with E-state index in [1.807, 2.05) is 0 Å². The molecule has 1 fully saturated rings. The molecule has 1 aliphatic carbocycles. The number of nitrogens with zero attached hydrogens (tertiary/aromatic N) is 2. The molecule has 1 saturated carbocycles. The number of hydrogen-bond donors (Lipinski definition) is 0. The lowest BCUT2D eigenvalue weighted by Gasteiger charge is -2.47. The van der Waals surface area contributed by atoms with Crippen LogP contribution in [0.25, 0.3) is 0 Å². The van der Waals surface area contributed by atoms with Gasteiger partial charge in [0.1, 0.15) is 0 Å². The Hall–Kier alpha value is -1.47. The SMILES string of the molecule is CCC[Si](CCC)(CCC)c1ccc(P(c2ccc([Si](CCC)(CCC)CCC)cc2)N(C2CCC(N(C)C)CC2)P(c2ccc([Si](CCC)(CCC)CCC)cc2)c2ccc([Si](CCC)(CCC)CCC)cc2)cc1. The number of benzene rings is 4. The van der Waals surface area contributed by atoms with E-state index in [0.29, 0.717) is 12.1 Å². The first-order valence-corrected chi connectivity index (χ1v) is 45.4. The predicted octanol–water partition coefficient (Wildman–Crippen LogP) is 17.8. The van der Waals surface area contributed by atoms with Gasteiger partial charge in [-0.3, -0.25) is 0 Å². The van der Waals surface area contributed by atoms with Gasteiger partial charge in [0.15, 0.2) is 0 Å². The molecule has 1 aliphatic rings. The van der Waals surface area contributed by atoms with Gasteiger partial charge in [-0.2, -0.15) is 0 Å². The quantitative estimate of drug-likeness (QED) is 0.0331. The van der Waals surface area contributed by atoms with Gasteiger partial charge in [-0.15, -0.1) is 0 Å². The average molecular weight is 1140 g/mol. The van der Waals surface area contributed by atoms with Crippen molar-refractivity contribution in [1.82, 2.24) is 9.34 Å². The maximum Gasteiger partial charge on any atom is 0.0866 e. The maximum absolute atomic E-state index is 3.29. The smallest absolute Gasteiger partial charge is 0.0866 e. The van der Waals surface area contributed by atoms with Crippen LogP contribution in [0.4, 0.5) is 0 Å². The maximum atomic E-state index is 3.29. The molecule has 0 heterocycles. The van der Waals surface area contributed by atoms with E-state index in [9.17, 15) is 0 Å². The second-order valence-corrected chi connectivity index (χ2v) is 47.7. The van der Waals surface area contributed by atoms with Gasteiger partial charge >= 0.3 is 0 Å². The fourth-order valence-electron chi connectivity index (χ4n) is 15.8. The lowest BCUT2D eigenvalue weighted by atomic mass is 9.91. The van der Waals surface area contributed by atoms with E-state index >= 15 is 0 Å². The summed E-state index contributed by atoms with van der Waals surface area (Å²) in [4.78, 5) is 2.54. The highest BCUT2D eigenvalue weighted by Gasteiger charge is 2.42. The lowest BCUT2D eigenvalue weighted by Crippen LogP contribution is -2.48. The Morgan fingerprint density at radius 2 is 0.461 bits per heavy atom. The van der Waals surface area contributed by atoms with Crippen molar-refractivity contribution < 1.29 is 0 Å². The molecule has 4 aromatic carbocycles. The van der Waals surface area contributed by atoms with Gasteiger partial charge in [0.25, 0.3) is 0 Å². The summed E-state index contributed by atoms with van der Waals surface area (Å²) in [6, 6.07) is 61.5. The Balaban J connectivity index is 1.90. The van der Waals surface area contributed by atoms with E-state index < -0.39 is 48.4 Å². The molecule has 0 aromatic heterocycles. The second-order valence-electron chi connectivity index (χ2n) is 24.7. The minimum Gasteiger partial charge on any atom is -0.306 e. The summed E-state index contributed by atoms with van der Waals surface area (Å²) in [7, 11) is -3.68. The highest BCUT2D eigenvalue weighted by atomic mass is 31.2. The minimum absolute atomic E-state index is 0.497. The molecule has 0 aliphatic heterocycles. The van der Waals surface area contributed by atoms with E-state index in [-0.39, 0.29) is 0 Å². The van der Waals surface area contributed by atoms with Crippen LogP contribution in [-0.2, 0) is 0 Å². The van der Waals surface area contributed by atoms with Crippen molar-refractivity contribution in [1.29, 1.82) is 0 Å². The number of rotatable bonds is 36. The lowest BCUT2D eigenvalue weighted by molar-refractivity contribution is 0.198. The Morgan fingerprint density at radius 1 is 0.289 bits per heavy atom. The molecule has 424 valence electrons. The van der Waals surface area contributed by atoms with Crippen LogP contribution in [0.2, 0.25) is 72.5 Å². The average Bonchev–Trinajstić information content (AvgIpc) is 3.42. The summed E-state index contributed by atoms with van der Waals surface area (Å²) >= 11 is 0. The fourth-order valence-corrected chi connectivity index (χ4v) is 43.6. The van der Waals surface area contributed by atoms with Gasteiger partial charge < -0.3 is 4.90 Å². The highest BCUT2D eigenvalue weighted by Crippen LogP contribution is 2.58. The molecule has 8 heteroatoms. The molecule has 0 unspecified atom stereocenters. The van der Waals surface area contributed by atoms with Crippen molar-refractivity contribution in [2.75, 3.05) is 14.1 Å². The normalized spacial score (nSPS) is 16.0. The molecule has 0 radical (unpaired) electrons. The second kappa shape index (κ2) is 32.8. The monoisotopic (exact) mass is 1130 g/mol. The summed E-state index contributed by atoms with van der Waals surface area (Å²) in [5, 5.41) is 13.2. The predicted molar refractivity (Wildman–Crippen MR) is 362 cm³/mol. The van der Waals surface area contributed by atoms with E-state index in [2.05, 4.69) is 204 Å². The summed E-state index contributed by atoms with van der Waals surface area (Å²) < 4.78 is 3.29. The summed E-state index contributed by atoms with van der Waals surface area (Å²) in [6.45, 7) is 29.4. The van der Waals surface area contributed by atoms with Crippen LogP contribution in [-0.4, -0.2) is 67.8 Å². The molecule has 4 aromatic rings. The third-order valence-electron chi connectivity index (χ3n) is 18.8. The van der Waals surface area contributed by atoms with Crippen LogP contribution in [0.15, 0.2) is 97.1 Å². The van der Waals surface area contributed by atoms with E-state index in [1.54, 1.807) is 42.0 Å². The van der Waals surface area contributed by atoms with Gasteiger partial charge in [-0.05, 0) is 61.0 Å². The molecular formula is C68H116N2P2Si4. The Bertz CT molecular complexity index is 1840. The van der Waals surface area contributed by atoms with Crippen LogP contribution < -0.4 is 42.0 Å². The van der Waals surface area contributed by atoms with Crippen LogP contribution in [0.1, 0.15) is 186 Å². The van der Waals surface area contributed by atoms with E-state index in [0.717, 1.165) is 0 Å². The molecule has 2 nitrogen and oxygen atoms in total. The third kappa shape index (κ3) is 15.9. The van der Waals surface area contributed by atoms with Crippen molar-refractivity contribution in [3.05, 3.63) is 97.1 Å². The number of hydrogen-bond acceptors (Lipinski definition) is 2. The van der Waals surface area contributed by atoms with Crippen LogP contribution in [0, 0.1) is 0 Å². The largest absolute Gasteiger partial charge is 0.306 e. The first-order chi connectivity index (χ1) is 36.9. The molecule has 0 amide bonds. The van der Waals surface area contributed by atoms with Crippen LogP contribution >= 0.6 is 16.1 Å². The standard InChI is InChI=1S/C68H116N2P2Si4/c1-15-47-73(48-16-2,49-17-3)65-39-31-61(32-40-65)71(62-33-41-66(42-34-62)74(50-18-4,51-19-5)52-20-6)70(60-29-27-59(28-30-60)69(13)14)72(63-35-43-67(44-36-63)75(53-21-7,54-22-8)55-23-9)64-37-45-68(46-38-64)76(56-24-10,57-25-11)58-26-12/h31-46,59-60H,15-30,47-58H2,1-14H3. The van der Waals surface area contributed by atoms with Gasteiger partial charge in [0, 0.05) is 28.2 Å². The molecule has 0 spiro atoms. The van der Waals surface area contributed by atoms with Gasteiger partial charge in [0.05, 0.1) is 32.3 Å². The van der Waals surface area contributed by atoms with Crippen molar-refractivity contribution >= 4 is 90.4 Å². The highest BCUT2D eigenvalue weighted by molar-refractivity contribution is 7.84. The van der Waals surface area contributed by atoms with Crippen LogP contribution in [0.5, 0.6) is 0 Å². The first kappa shape index (κ1) is 65.3. The molecule has 0 saturated heterocycles. The zero-order chi connectivity index (χ0) is 55.2. The molecule has 0 N–H and O–H groups in total. The zero-order valence-corrected chi connectivity index (χ0v) is 57.8. The molecule has 0 atom stereocenters. The summed E-state index contributed by atoms with van der Waals surface area (Å²) in [6.07, 6.45) is 20.7.